The highest BCUT2D eigenvalue weighted by atomic mass is 16.4. The van der Waals surface area contributed by atoms with Crippen LogP contribution < -0.4 is 0 Å². The molecule has 0 atom stereocenters. The third-order valence-electron chi connectivity index (χ3n) is 2.36. The number of hydrogen-bond donors (Lipinski definition) is 1. The number of nitrogens with zero attached hydrogens (tertiary/aromatic N) is 2. The first-order valence-corrected chi connectivity index (χ1v) is 5.10. The number of aliphatic carboxylic acids is 1. The Bertz CT molecular complexity index is 325. The molecule has 0 aromatic rings. The van der Waals surface area contributed by atoms with Crippen molar-refractivity contribution in [2.75, 3.05) is 13.1 Å². The van der Waals surface area contributed by atoms with Gasteiger partial charge < -0.3 is 10.0 Å². The van der Waals surface area contributed by atoms with Gasteiger partial charge in [0.05, 0.1) is 5.57 Å². The average molecular weight is 208 g/mol. The smallest absolute Gasteiger partial charge is 0.335 e. The van der Waals surface area contributed by atoms with E-state index in [0.29, 0.717) is 12.0 Å². The maximum absolute atomic E-state index is 10.7. The molecular formula is C11H16N2O2. The Morgan fingerprint density at radius 1 is 1.53 bits per heavy atom. The molecule has 0 unspecified atom stereocenters. The van der Waals surface area contributed by atoms with E-state index in [0.717, 1.165) is 18.9 Å². The van der Waals surface area contributed by atoms with Gasteiger partial charge in [-0.15, -0.1) is 0 Å². The first kappa shape index (κ1) is 11.5. The summed E-state index contributed by atoms with van der Waals surface area (Å²) in [5, 5.41) is 8.82. The molecule has 1 rings (SSSR count). The molecule has 0 aromatic heterocycles. The summed E-state index contributed by atoms with van der Waals surface area (Å²) >= 11 is 0. The van der Waals surface area contributed by atoms with Crippen LogP contribution in [0, 0.1) is 0 Å². The molecule has 0 aliphatic carbocycles. The van der Waals surface area contributed by atoms with E-state index in [4.69, 9.17) is 5.11 Å². The summed E-state index contributed by atoms with van der Waals surface area (Å²) in [5.41, 5.74) is 0.306. The number of rotatable bonds is 3. The predicted octanol–water partition coefficient (Wildman–Crippen LogP) is 1.66. The largest absolute Gasteiger partial charge is 0.478 e. The van der Waals surface area contributed by atoms with Crippen molar-refractivity contribution in [1.29, 1.82) is 0 Å². The number of carboxylic acid groups (broad SMARTS) is 1. The zero-order valence-corrected chi connectivity index (χ0v) is 9.10. The van der Waals surface area contributed by atoms with E-state index in [9.17, 15) is 4.79 Å². The maximum atomic E-state index is 10.7. The van der Waals surface area contributed by atoms with Crippen LogP contribution >= 0.6 is 0 Å². The van der Waals surface area contributed by atoms with Gasteiger partial charge in [-0.25, -0.2) is 9.79 Å². The van der Waals surface area contributed by atoms with E-state index in [2.05, 4.69) is 23.7 Å². The zero-order valence-electron chi connectivity index (χ0n) is 9.10. The normalized spacial score (nSPS) is 15.3. The molecule has 0 saturated heterocycles. The first-order chi connectivity index (χ1) is 7.19. The Morgan fingerprint density at radius 2 is 2.20 bits per heavy atom. The number of amidine groups is 1. The maximum Gasteiger partial charge on any atom is 0.335 e. The molecule has 0 aromatic carbocycles. The average Bonchev–Trinajstić information content (AvgIpc) is 2.45. The third-order valence-corrected chi connectivity index (χ3v) is 2.36. The molecule has 1 aliphatic heterocycles. The minimum atomic E-state index is -0.901. The lowest BCUT2D eigenvalue weighted by atomic mass is 10.2. The van der Waals surface area contributed by atoms with Gasteiger partial charge in [0.15, 0.2) is 0 Å². The fourth-order valence-corrected chi connectivity index (χ4v) is 1.48. The van der Waals surface area contributed by atoms with Gasteiger partial charge in [0.2, 0.25) is 0 Å². The molecule has 0 spiro atoms. The minimum absolute atomic E-state index is 0.306. The van der Waals surface area contributed by atoms with E-state index in [-0.39, 0.29) is 0 Å². The van der Waals surface area contributed by atoms with Gasteiger partial charge in [0, 0.05) is 25.7 Å². The molecule has 1 aliphatic rings. The zero-order chi connectivity index (χ0) is 11.3. The molecule has 1 heterocycles. The van der Waals surface area contributed by atoms with Crippen molar-refractivity contribution >= 4 is 11.8 Å². The number of carbonyl (C=O) groups is 1. The van der Waals surface area contributed by atoms with Gasteiger partial charge in [0.1, 0.15) is 5.84 Å². The Balaban J connectivity index is 2.78. The summed E-state index contributed by atoms with van der Waals surface area (Å²) in [6, 6.07) is 0. The molecular weight excluding hydrogens is 192 g/mol. The molecule has 0 bridgehead atoms. The van der Waals surface area contributed by atoms with E-state index in [1.54, 1.807) is 12.3 Å². The van der Waals surface area contributed by atoms with Crippen LogP contribution in [-0.4, -0.2) is 34.9 Å². The molecule has 15 heavy (non-hydrogen) atoms. The van der Waals surface area contributed by atoms with Gasteiger partial charge in [-0.3, -0.25) is 0 Å². The van der Waals surface area contributed by atoms with Crippen LogP contribution in [0.5, 0.6) is 0 Å². The topological polar surface area (TPSA) is 52.9 Å². The predicted molar refractivity (Wildman–Crippen MR) is 59.8 cm³/mol. The van der Waals surface area contributed by atoms with E-state index in [1.165, 1.54) is 6.08 Å². The van der Waals surface area contributed by atoms with Gasteiger partial charge in [-0.1, -0.05) is 6.08 Å². The van der Waals surface area contributed by atoms with Crippen LogP contribution in [-0.2, 0) is 4.79 Å². The van der Waals surface area contributed by atoms with Crippen molar-refractivity contribution in [2.24, 2.45) is 4.99 Å². The molecule has 0 amide bonds. The Labute approximate surface area is 89.6 Å². The highest BCUT2D eigenvalue weighted by Gasteiger charge is 2.10. The fraction of sp³-hybridized carbons (Fsp3) is 0.455. The van der Waals surface area contributed by atoms with Crippen molar-refractivity contribution in [3.8, 4) is 0 Å². The van der Waals surface area contributed by atoms with Gasteiger partial charge in [-0.05, 0) is 19.9 Å². The van der Waals surface area contributed by atoms with Crippen LogP contribution in [0.25, 0.3) is 0 Å². The molecule has 82 valence electrons. The number of hydrogen-bond acceptors (Lipinski definition) is 3. The van der Waals surface area contributed by atoms with Crippen LogP contribution in [0.3, 0.4) is 0 Å². The molecule has 0 saturated carbocycles. The van der Waals surface area contributed by atoms with Crippen LogP contribution in [0.1, 0.15) is 20.3 Å². The van der Waals surface area contributed by atoms with Crippen LogP contribution in [0.4, 0.5) is 0 Å². The van der Waals surface area contributed by atoms with E-state index in [1.807, 2.05) is 0 Å². The van der Waals surface area contributed by atoms with Crippen LogP contribution in [0.15, 0.2) is 28.9 Å². The fourth-order valence-electron chi connectivity index (χ4n) is 1.48. The molecule has 0 fully saturated rings. The first-order valence-electron chi connectivity index (χ1n) is 5.10. The lowest BCUT2D eigenvalue weighted by Gasteiger charge is -2.21. The number of carboxylic acids is 1. The summed E-state index contributed by atoms with van der Waals surface area (Å²) in [4.78, 5) is 17.1. The van der Waals surface area contributed by atoms with Crippen molar-refractivity contribution in [1.82, 2.24) is 4.90 Å². The molecule has 4 heteroatoms. The van der Waals surface area contributed by atoms with E-state index < -0.39 is 5.97 Å². The monoisotopic (exact) mass is 208 g/mol. The van der Waals surface area contributed by atoms with Gasteiger partial charge >= 0.3 is 5.97 Å². The van der Waals surface area contributed by atoms with Crippen molar-refractivity contribution in [3.63, 3.8) is 0 Å². The summed E-state index contributed by atoms with van der Waals surface area (Å²) in [7, 11) is 0. The highest BCUT2D eigenvalue weighted by molar-refractivity contribution is 5.93. The second-order valence-electron chi connectivity index (χ2n) is 3.20. The van der Waals surface area contributed by atoms with Crippen molar-refractivity contribution in [3.05, 3.63) is 23.9 Å². The second kappa shape index (κ2) is 5.34. The van der Waals surface area contributed by atoms with E-state index >= 15 is 0 Å². The highest BCUT2D eigenvalue weighted by Crippen LogP contribution is 2.08. The quantitative estimate of drug-likeness (QED) is 0.767. The number of aliphatic imine (C=N–C) groups is 1. The molecule has 0 radical (unpaired) electrons. The van der Waals surface area contributed by atoms with Crippen LogP contribution in [0.2, 0.25) is 0 Å². The Morgan fingerprint density at radius 3 is 2.73 bits per heavy atom. The SMILES string of the molecule is CCN(CC)C1=NC=CC(C(=O)O)=CC1. The summed E-state index contributed by atoms with van der Waals surface area (Å²) in [5.74, 6) is 0.0229. The Kier molecular flexibility index (Phi) is 4.09. The van der Waals surface area contributed by atoms with Gasteiger partial charge in [0.25, 0.3) is 0 Å². The molecule has 1 N–H and O–H groups in total. The lowest BCUT2D eigenvalue weighted by molar-refractivity contribution is -0.132. The van der Waals surface area contributed by atoms with Crippen molar-refractivity contribution < 1.29 is 9.90 Å². The second-order valence-corrected chi connectivity index (χ2v) is 3.20. The van der Waals surface area contributed by atoms with Crippen molar-refractivity contribution in [2.45, 2.75) is 20.3 Å². The minimum Gasteiger partial charge on any atom is -0.478 e. The van der Waals surface area contributed by atoms with Gasteiger partial charge in [-0.2, -0.15) is 0 Å². The third kappa shape index (κ3) is 2.94. The standard InChI is InChI=1S/C11H16N2O2/c1-3-13(4-2)10-6-5-9(11(14)15)7-8-12-10/h5,7-8H,3-4,6H2,1-2H3,(H,14,15). The lowest BCUT2D eigenvalue weighted by Crippen LogP contribution is -2.29. The summed E-state index contributed by atoms with van der Waals surface area (Å²) in [6.45, 7) is 5.89. The summed E-state index contributed by atoms with van der Waals surface area (Å²) < 4.78 is 0. The molecule has 4 nitrogen and oxygen atoms in total. The Hall–Kier alpha value is -1.58. The summed E-state index contributed by atoms with van der Waals surface area (Å²) in [6.07, 6.45) is 5.36.